The largest absolute Gasteiger partial charge is 0.302 e. The molecule has 144 valence electrons. The first-order chi connectivity index (χ1) is 13.5. The number of carbonyl (C=O) groups excluding carboxylic acids is 1. The number of benzene rings is 2. The van der Waals surface area contributed by atoms with Crippen LogP contribution in [0.15, 0.2) is 71.5 Å². The van der Waals surface area contributed by atoms with E-state index in [1.54, 1.807) is 12.1 Å². The van der Waals surface area contributed by atoms with E-state index < -0.39 is 10.0 Å². The molecule has 0 unspecified atom stereocenters. The summed E-state index contributed by atoms with van der Waals surface area (Å²) in [5.74, 6) is -0.302. The van der Waals surface area contributed by atoms with Gasteiger partial charge in [-0.2, -0.15) is 0 Å². The molecule has 6 nitrogen and oxygen atoms in total. The summed E-state index contributed by atoms with van der Waals surface area (Å²) < 4.78 is 26.3. The zero-order valence-electron chi connectivity index (χ0n) is 14.9. The van der Waals surface area contributed by atoms with Crippen molar-refractivity contribution in [1.82, 2.24) is 9.71 Å². The van der Waals surface area contributed by atoms with Crippen LogP contribution in [0.1, 0.15) is 12.0 Å². The molecular weight excluding hydrogens is 394 g/mol. The highest BCUT2D eigenvalue weighted by molar-refractivity contribution is 7.92. The highest BCUT2D eigenvalue weighted by atomic mass is 32.2. The molecule has 0 aliphatic carbocycles. The number of hydrogen-bond donors (Lipinski definition) is 2. The average Bonchev–Trinajstić information content (AvgIpc) is 3.16. The van der Waals surface area contributed by atoms with Crippen LogP contribution < -0.4 is 10.0 Å². The van der Waals surface area contributed by atoms with Crippen LogP contribution in [-0.2, 0) is 14.8 Å². The topological polar surface area (TPSA) is 88.2 Å². The Bertz CT molecular complexity index is 1050. The van der Waals surface area contributed by atoms with Crippen molar-refractivity contribution in [3.8, 4) is 11.3 Å². The van der Waals surface area contributed by atoms with Crippen molar-refractivity contribution < 1.29 is 13.2 Å². The molecule has 0 aliphatic heterocycles. The lowest BCUT2D eigenvalue weighted by Crippen LogP contribution is -2.26. The monoisotopic (exact) mass is 413 g/mol. The van der Waals surface area contributed by atoms with E-state index in [4.69, 9.17) is 0 Å². The summed E-state index contributed by atoms with van der Waals surface area (Å²) in [4.78, 5) is 16.4. The minimum absolute atomic E-state index is 0.00418. The van der Waals surface area contributed by atoms with Crippen LogP contribution in [0, 0.1) is 0 Å². The van der Waals surface area contributed by atoms with E-state index in [0.717, 1.165) is 22.2 Å². The molecule has 2 N–H and O–H groups in total. The van der Waals surface area contributed by atoms with E-state index in [-0.39, 0.29) is 18.9 Å². The predicted octanol–water partition coefficient (Wildman–Crippen LogP) is 3.73. The van der Waals surface area contributed by atoms with Gasteiger partial charge in [0.05, 0.1) is 5.69 Å². The van der Waals surface area contributed by atoms with Crippen molar-refractivity contribution in [3.05, 3.63) is 77.0 Å². The Morgan fingerprint density at radius 2 is 1.71 bits per heavy atom. The van der Waals surface area contributed by atoms with E-state index in [2.05, 4.69) is 15.0 Å². The lowest BCUT2D eigenvalue weighted by molar-refractivity contribution is -0.116. The Hall–Kier alpha value is -2.81. The van der Waals surface area contributed by atoms with Gasteiger partial charge in [0.15, 0.2) is 5.13 Å². The number of hydrogen-bond acceptors (Lipinski definition) is 5. The summed E-state index contributed by atoms with van der Waals surface area (Å²) in [5, 5.41) is 6.13. The maximum atomic E-state index is 12.0. The molecule has 8 heteroatoms. The van der Waals surface area contributed by atoms with Gasteiger partial charge in [0, 0.05) is 29.3 Å². The zero-order valence-corrected chi connectivity index (χ0v) is 16.5. The lowest BCUT2D eigenvalue weighted by atomic mass is 10.2. The highest BCUT2D eigenvalue weighted by Crippen LogP contribution is 2.24. The Morgan fingerprint density at radius 1 is 1.04 bits per heavy atom. The highest BCUT2D eigenvalue weighted by Gasteiger charge is 2.10. The van der Waals surface area contributed by atoms with Gasteiger partial charge < -0.3 is 5.32 Å². The molecule has 0 aliphatic rings. The molecule has 0 spiro atoms. The fourth-order valence-corrected chi connectivity index (χ4v) is 3.90. The molecular formula is C20H19N3O3S2. The number of nitrogens with one attached hydrogen (secondary N) is 2. The number of aromatic nitrogens is 1. The minimum atomic E-state index is -3.60. The minimum Gasteiger partial charge on any atom is -0.302 e. The number of anilines is 1. The summed E-state index contributed by atoms with van der Waals surface area (Å²) in [6, 6.07) is 18.8. The molecule has 1 aromatic heterocycles. The zero-order chi connectivity index (χ0) is 19.8. The summed E-state index contributed by atoms with van der Waals surface area (Å²) >= 11 is 1.32. The number of thiazole rings is 1. The van der Waals surface area contributed by atoms with E-state index >= 15 is 0 Å². The maximum absolute atomic E-state index is 12.0. The summed E-state index contributed by atoms with van der Waals surface area (Å²) in [6.07, 6.45) is 1.52. The summed E-state index contributed by atoms with van der Waals surface area (Å²) in [6.45, 7) is 0.00418. The van der Waals surface area contributed by atoms with Crippen LogP contribution in [0.25, 0.3) is 17.3 Å². The van der Waals surface area contributed by atoms with Crippen molar-refractivity contribution >= 4 is 38.5 Å². The van der Waals surface area contributed by atoms with Crippen molar-refractivity contribution in [2.45, 2.75) is 6.42 Å². The number of rotatable bonds is 8. The fraction of sp³-hybridized carbons (Fsp3) is 0.100. The van der Waals surface area contributed by atoms with Gasteiger partial charge >= 0.3 is 0 Å². The third kappa shape index (κ3) is 6.12. The molecule has 0 atom stereocenters. The second-order valence-corrected chi connectivity index (χ2v) is 8.36. The van der Waals surface area contributed by atoms with Gasteiger partial charge in [0.2, 0.25) is 15.9 Å². The number of amides is 1. The molecule has 1 amide bonds. The van der Waals surface area contributed by atoms with Crippen LogP contribution in [-0.4, -0.2) is 25.9 Å². The van der Waals surface area contributed by atoms with Crippen LogP contribution in [0.4, 0.5) is 5.13 Å². The van der Waals surface area contributed by atoms with Gasteiger partial charge in [-0.1, -0.05) is 60.7 Å². The molecule has 1 heterocycles. The molecule has 0 fully saturated rings. The molecule has 3 aromatic rings. The van der Waals surface area contributed by atoms with Crippen molar-refractivity contribution in [2.24, 2.45) is 0 Å². The van der Waals surface area contributed by atoms with Crippen LogP contribution in [0.3, 0.4) is 0 Å². The predicted molar refractivity (Wildman–Crippen MR) is 113 cm³/mol. The van der Waals surface area contributed by atoms with E-state index in [0.29, 0.717) is 5.13 Å². The van der Waals surface area contributed by atoms with Gasteiger partial charge in [-0.3, -0.25) is 4.79 Å². The maximum Gasteiger partial charge on any atom is 0.233 e. The standard InChI is InChI=1S/C20H19N3O3S2/c24-19(23-20-22-18(15-27-20)17-9-5-2-6-10-17)11-13-21-28(25,26)14-12-16-7-3-1-4-8-16/h1-10,12,14-15,21H,11,13H2,(H,22,23,24)/b14-12+. The van der Waals surface area contributed by atoms with E-state index in [1.807, 2.05) is 53.9 Å². The van der Waals surface area contributed by atoms with Crippen LogP contribution in [0.5, 0.6) is 0 Å². The van der Waals surface area contributed by atoms with Gasteiger partial charge in [-0.05, 0) is 11.6 Å². The molecule has 0 saturated heterocycles. The van der Waals surface area contributed by atoms with Gasteiger partial charge in [-0.15, -0.1) is 11.3 Å². The summed E-state index contributed by atoms with van der Waals surface area (Å²) in [5.41, 5.74) is 2.54. The molecule has 0 bridgehead atoms. The number of sulfonamides is 1. The molecule has 28 heavy (non-hydrogen) atoms. The fourth-order valence-electron chi connectivity index (χ4n) is 2.34. The van der Waals surface area contributed by atoms with Crippen LogP contribution in [0.2, 0.25) is 0 Å². The second-order valence-electron chi connectivity index (χ2n) is 5.85. The number of nitrogens with zero attached hydrogens (tertiary/aromatic N) is 1. The second kappa shape index (κ2) is 9.41. The molecule has 2 aromatic carbocycles. The quantitative estimate of drug-likeness (QED) is 0.589. The Balaban J connectivity index is 1.47. The van der Waals surface area contributed by atoms with Crippen molar-refractivity contribution in [2.75, 3.05) is 11.9 Å². The van der Waals surface area contributed by atoms with E-state index in [9.17, 15) is 13.2 Å². The normalized spacial score (nSPS) is 11.6. The Morgan fingerprint density at radius 3 is 2.43 bits per heavy atom. The Labute approximate surface area is 168 Å². The molecule has 3 rings (SSSR count). The summed E-state index contributed by atoms with van der Waals surface area (Å²) in [7, 11) is -3.60. The first kappa shape index (κ1) is 19.9. The SMILES string of the molecule is O=C(CCNS(=O)(=O)/C=C/c1ccccc1)Nc1nc(-c2ccccc2)cs1. The van der Waals surface area contributed by atoms with Crippen molar-refractivity contribution in [1.29, 1.82) is 0 Å². The number of carbonyl (C=O) groups is 1. The average molecular weight is 414 g/mol. The molecule has 0 saturated carbocycles. The van der Waals surface area contributed by atoms with Gasteiger partial charge in [0.1, 0.15) is 0 Å². The van der Waals surface area contributed by atoms with Gasteiger partial charge in [0.25, 0.3) is 0 Å². The third-order valence-electron chi connectivity index (χ3n) is 3.71. The van der Waals surface area contributed by atoms with Crippen LogP contribution >= 0.6 is 11.3 Å². The third-order valence-corrected chi connectivity index (χ3v) is 5.57. The molecule has 0 radical (unpaired) electrons. The van der Waals surface area contributed by atoms with E-state index in [1.165, 1.54) is 17.4 Å². The first-order valence-electron chi connectivity index (χ1n) is 8.55. The lowest BCUT2D eigenvalue weighted by Gasteiger charge is -2.03. The van der Waals surface area contributed by atoms with Gasteiger partial charge in [-0.25, -0.2) is 18.1 Å². The smallest absolute Gasteiger partial charge is 0.233 e. The first-order valence-corrected chi connectivity index (χ1v) is 11.0. The van der Waals surface area contributed by atoms with Crippen molar-refractivity contribution in [3.63, 3.8) is 0 Å². The Kier molecular flexibility index (Phi) is 6.70.